The van der Waals surface area contributed by atoms with E-state index in [2.05, 4.69) is 51.8 Å². The van der Waals surface area contributed by atoms with Gasteiger partial charge in [0.2, 0.25) is 5.91 Å². The second-order valence-electron chi connectivity index (χ2n) is 19.0. The van der Waals surface area contributed by atoms with Crippen molar-refractivity contribution in [3.05, 3.63) is 0 Å². The molecule has 50 heavy (non-hydrogen) atoms. The number of amides is 2. The molecular formula is C40H65N3O7. The maximum Gasteiger partial charge on any atom is 0.410 e. The normalized spacial score (nSPS) is 50.5. The van der Waals surface area contributed by atoms with Crippen molar-refractivity contribution in [3.63, 3.8) is 0 Å². The van der Waals surface area contributed by atoms with Gasteiger partial charge >= 0.3 is 6.09 Å². The third-order valence-corrected chi connectivity index (χ3v) is 17.6. The molecule has 8 rings (SSSR count). The Bertz CT molecular complexity index is 1360. The maximum atomic E-state index is 12.6. The second kappa shape index (κ2) is 12.0. The molecule has 3 heterocycles. The van der Waals surface area contributed by atoms with Gasteiger partial charge < -0.3 is 34.3 Å². The number of carbonyl (C=O) groups excluding carboxylic acids is 2. The van der Waals surface area contributed by atoms with Crippen molar-refractivity contribution in [2.45, 2.75) is 150 Å². The van der Waals surface area contributed by atoms with Gasteiger partial charge in [-0.1, -0.05) is 41.5 Å². The predicted molar refractivity (Wildman–Crippen MR) is 188 cm³/mol. The lowest BCUT2D eigenvalue weighted by molar-refractivity contribution is -0.250. The van der Waals surface area contributed by atoms with E-state index < -0.39 is 6.10 Å². The molecule has 2 spiro atoms. The number of fused-ring (bicyclic) bond motifs is 2. The van der Waals surface area contributed by atoms with Gasteiger partial charge in [-0.25, -0.2) is 4.79 Å². The molecule has 8 aliphatic rings. The van der Waals surface area contributed by atoms with Crippen molar-refractivity contribution in [1.29, 1.82) is 0 Å². The molecule has 8 fully saturated rings. The summed E-state index contributed by atoms with van der Waals surface area (Å²) < 4.78 is 25.7. The Morgan fingerprint density at radius 3 is 2.36 bits per heavy atom. The number of morpholine rings is 1. The van der Waals surface area contributed by atoms with E-state index >= 15 is 0 Å². The van der Waals surface area contributed by atoms with Crippen molar-refractivity contribution in [1.82, 2.24) is 15.1 Å². The Morgan fingerprint density at radius 2 is 1.68 bits per heavy atom. The number of aliphatic hydroxyl groups is 1. The standard InChI is InChI=1S/C40H65N3O7/c1-23-32(48-24(2)25(3)49-35(46)42-18-9-19-42)33(44)38(8)29-11-10-28-36(5,6)30(12-14-39(28)26(4)40(29,39)16-15-37(23,38)7)50-31-22-43(20-21-47-31)27-13-17-41-34(27)45/h23-33,44H,9-22H2,1-8H3,(H,41,45)/t23-,24?,25+,26+,27+,28-,29?,30-,31-,32?,33-,37+,38+,39+,40-/m0/s1. The van der Waals surface area contributed by atoms with Crippen LogP contribution in [0.4, 0.5) is 4.79 Å². The quantitative estimate of drug-likeness (QED) is 0.373. The molecule has 15 atom stereocenters. The minimum absolute atomic E-state index is 0.00864. The topological polar surface area (TPSA) is 110 Å². The zero-order valence-corrected chi connectivity index (χ0v) is 32.0. The Hall–Kier alpha value is -1.46. The minimum Gasteiger partial charge on any atom is -0.444 e. The number of nitrogens with one attached hydrogen (secondary N) is 1. The summed E-state index contributed by atoms with van der Waals surface area (Å²) in [5.41, 5.74) is 0.169. The highest BCUT2D eigenvalue weighted by atomic mass is 16.7. The van der Waals surface area contributed by atoms with E-state index in [1.54, 1.807) is 4.90 Å². The molecule has 3 aliphatic heterocycles. The second-order valence-corrected chi connectivity index (χ2v) is 19.0. The Kier molecular flexibility index (Phi) is 8.55. The number of likely N-dealkylation sites (tertiary alicyclic amines) is 1. The Balaban J connectivity index is 0.985. The van der Waals surface area contributed by atoms with Crippen LogP contribution in [-0.4, -0.2) is 109 Å². The molecule has 2 amide bonds. The van der Waals surface area contributed by atoms with Crippen LogP contribution in [0.1, 0.15) is 107 Å². The van der Waals surface area contributed by atoms with Gasteiger partial charge in [0.15, 0.2) is 6.29 Å². The number of ether oxygens (including phenoxy) is 4. The van der Waals surface area contributed by atoms with Crippen LogP contribution in [0.25, 0.3) is 0 Å². The lowest BCUT2D eigenvalue weighted by atomic mass is 9.42. The van der Waals surface area contributed by atoms with Gasteiger partial charge in [0.1, 0.15) is 6.10 Å². The van der Waals surface area contributed by atoms with Crippen molar-refractivity contribution in [2.24, 2.45) is 50.7 Å². The molecule has 0 bridgehead atoms. The summed E-state index contributed by atoms with van der Waals surface area (Å²) in [4.78, 5) is 29.0. The zero-order valence-electron chi connectivity index (χ0n) is 32.0. The average molecular weight is 700 g/mol. The minimum atomic E-state index is -0.576. The molecule has 0 aromatic carbocycles. The molecule has 0 aromatic heterocycles. The smallest absolute Gasteiger partial charge is 0.410 e. The van der Waals surface area contributed by atoms with Crippen LogP contribution in [0.3, 0.4) is 0 Å². The fourth-order valence-corrected chi connectivity index (χ4v) is 14.2. The number of rotatable bonds is 7. The zero-order chi connectivity index (χ0) is 35.6. The summed E-state index contributed by atoms with van der Waals surface area (Å²) in [6, 6.07) is -0.0635. The van der Waals surface area contributed by atoms with Gasteiger partial charge in [0.25, 0.3) is 0 Å². The predicted octanol–water partition coefficient (Wildman–Crippen LogP) is 5.21. The molecule has 2 N–H and O–H groups in total. The molecule has 0 aromatic rings. The van der Waals surface area contributed by atoms with E-state index in [1.807, 2.05) is 13.8 Å². The summed E-state index contributed by atoms with van der Waals surface area (Å²) in [6.07, 6.45) is 6.67. The van der Waals surface area contributed by atoms with E-state index in [9.17, 15) is 14.7 Å². The van der Waals surface area contributed by atoms with Gasteiger partial charge in [-0.15, -0.1) is 0 Å². The highest BCUT2D eigenvalue weighted by Crippen LogP contribution is 2.91. The van der Waals surface area contributed by atoms with Gasteiger partial charge in [-0.05, 0) is 111 Å². The summed E-state index contributed by atoms with van der Waals surface area (Å²) in [6.45, 7) is 22.8. The number of hydrogen-bond donors (Lipinski definition) is 2. The first kappa shape index (κ1) is 35.6. The average Bonchev–Trinajstić information content (AvgIpc) is 3.24. The van der Waals surface area contributed by atoms with Crippen LogP contribution in [0.15, 0.2) is 0 Å². The first-order chi connectivity index (χ1) is 23.6. The highest BCUT2D eigenvalue weighted by Gasteiger charge is 2.87. The lowest BCUT2D eigenvalue weighted by Gasteiger charge is -2.63. The van der Waals surface area contributed by atoms with Crippen LogP contribution in [-0.2, 0) is 23.7 Å². The number of aliphatic hydroxyl groups excluding tert-OH is 1. The monoisotopic (exact) mass is 699 g/mol. The van der Waals surface area contributed by atoms with Crippen LogP contribution in [0.2, 0.25) is 0 Å². The van der Waals surface area contributed by atoms with Crippen LogP contribution < -0.4 is 5.32 Å². The van der Waals surface area contributed by atoms with E-state index in [-0.39, 0.29) is 81.7 Å². The van der Waals surface area contributed by atoms with Gasteiger partial charge in [-0.3, -0.25) is 9.69 Å². The molecular weight excluding hydrogens is 634 g/mol. The van der Waals surface area contributed by atoms with E-state index in [4.69, 9.17) is 18.9 Å². The number of hydrogen-bond acceptors (Lipinski definition) is 8. The fraction of sp³-hybridized carbons (Fsp3) is 0.950. The molecule has 0 radical (unpaired) electrons. The molecule has 10 nitrogen and oxygen atoms in total. The molecule has 5 aliphatic carbocycles. The molecule has 282 valence electrons. The molecule has 3 saturated heterocycles. The van der Waals surface area contributed by atoms with Gasteiger partial charge in [0, 0.05) is 31.6 Å². The van der Waals surface area contributed by atoms with Gasteiger partial charge in [0.05, 0.1) is 43.6 Å². The summed E-state index contributed by atoms with van der Waals surface area (Å²) in [5, 5.41) is 15.5. The first-order valence-corrected chi connectivity index (χ1v) is 20.2. The lowest BCUT2D eigenvalue weighted by Crippen LogP contribution is -2.60. The summed E-state index contributed by atoms with van der Waals surface area (Å²) in [5.74, 6) is 1.93. The van der Waals surface area contributed by atoms with E-state index in [0.29, 0.717) is 30.9 Å². The summed E-state index contributed by atoms with van der Waals surface area (Å²) >= 11 is 0. The Morgan fingerprint density at radius 1 is 0.960 bits per heavy atom. The van der Waals surface area contributed by atoms with Crippen molar-refractivity contribution in [2.75, 3.05) is 39.3 Å². The third-order valence-electron chi connectivity index (χ3n) is 17.6. The fourth-order valence-electron chi connectivity index (χ4n) is 14.2. The van der Waals surface area contributed by atoms with Crippen LogP contribution in [0.5, 0.6) is 0 Å². The van der Waals surface area contributed by atoms with Crippen molar-refractivity contribution in [3.8, 4) is 0 Å². The van der Waals surface area contributed by atoms with Gasteiger partial charge in [-0.2, -0.15) is 0 Å². The van der Waals surface area contributed by atoms with E-state index in [0.717, 1.165) is 64.7 Å². The maximum absolute atomic E-state index is 12.6. The van der Waals surface area contributed by atoms with Crippen molar-refractivity contribution >= 4 is 12.0 Å². The SMILES string of the molecule is CC(OC1[C@H](C)[C@@]2(C)CC[C@]34C(CC[C@H]5C(C)(C)[C@@H](O[C@H]6CN([C@@H]7CCNC7=O)CCO6)CC[C@@]53[C@H]4C)[C@]2(C)[C@H]1O)[C@@H](C)OC(=O)N1CCC1. The molecule has 10 heteroatoms. The van der Waals surface area contributed by atoms with Crippen molar-refractivity contribution < 1.29 is 33.6 Å². The molecule has 5 saturated carbocycles. The highest BCUT2D eigenvalue weighted by molar-refractivity contribution is 5.83. The Labute approximate surface area is 300 Å². The van der Waals surface area contributed by atoms with Crippen LogP contribution >= 0.6 is 0 Å². The van der Waals surface area contributed by atoms with Crippen LogP contribution in [0, 0.1) is 50.7 Å². The first-order valence-electron chi connectivity index (χ1n) is 20.2. The number of nitrogens with zero attached hydrogens (tertiary/aromatic N) is 2. The third kappa shape index (κ3) is 4.62. The van der Waals surface area contributed by atoms with E-state index in [1.165, 1.54) is 12.8 Å². The number of carbonyl (C=O) groups is 2. The largest absolute Gasteiger partial charge is 0.444 e. The molecule has 3 unspecified atom stereocenters. The summed E-state index contributed by atoms with van der Waals surface area (Å²) in [7, 11) is 0.